The first kappa shape index (κ1) is 14.1. The van der Waals surface area contributed by atoms with Gasteiger partial charge in [0.15, 0.2) is 0 Å². The van der Waals surface area contributed by atoms with E-state index in [2.05, 4.69) is 11.3 Å². The minimum Gasteiger partial charge on any atom is -0.364 e. The molecule has 0 unspecified atom stereocenters. The summed E-state index contributed by atoms with van der Waals surface area (Å²) in [5.41, 5.74) is 1.13. The van der Waals surface area contributed by atoms with Gasteiger partial charge in [0.1, 0.15) is 0 Å². The fourth-order valence-electron chi connectivity index (χ4n) is 0.712. The molecule has 0 amide bonds. The van der Waals surface area contributed by atoms with Crippen molar-refractivity contribution in [2.24, 2.45) is 7.05 Å². The first-order chi connectivity index (χ1) is 6.25. The molecule has 0 saturated carbocycles. The van der Waals surface area contributed by atoms with E-state index < -0.39 is 0 Å². The van der Waals surface area contributed by atoms with Gasteiger partial charge in [0.2, 0.25) is 5.82 Å². The van der Waals surface area contributed by atoms with E-state index in [9.17, 15) is 0 Å². The number of nitrogens with zero attached hydrogens (tertiary/aromatic N) is 2. The quantitative estimate of drug-likeness (QED) is 0.423. The smallest absolute Gasteiger partial charge is 0.230 e. The molecule has 1 aromatic heterocycles. The average Bonchev–Trinajstić information content (AvgIpc) is 2.54. The molecular weight excluding hydrogens is 160 g/mol. The molecule has 0 bridgehead atoms. The number of aromatic nitrogens is 1. The van der Waals surface area contributed by atoms with Crippen molar-refractivity contribution in [3.05, 3.63) is 35.7 Å². The van der Waals surface area contributed by atoms with Gasteiger partial charge in [-0.25, -0.2) is 0 Å². The number of hydrogen-bond acceptors (Lipinski definition) is 0. The van der Waals surface area contributed by atoms with Crippen LogP contribution in [0.2, 0.25) is 0 Å². The predicted molar refractivity (Wildman–Crippen MR) is 55.9 cm³/mol. The molecule has 0 aliphatic carbocycles. The second kappa shape index (κ2) is 8.64. The van der Waals surface area contributed by atoms with E-state index in [0.717, 1.165) is 5.69 Å². The molecule has 2 heteroatoms. The van der Waals surface area contributed by atoms with Gasteiger partial charge in [-0.05, 0) is 19.1 Å². The van der Waals surface area contributed by atoms with Crippen molar-refractivity contribution in [1.82, 2.24) is 4.57 Å². The minimum absolute atomic E-state index is 0.701. The number of rotatable bonds is 0. The molecule has 0 radical (unpaired) electrons. The normalized spacial score (nSPS) is 7.08. The fourth-order valence-corrected chi connectivity index (χ4v) is 0.712. The molecular formula is C11H15N2+. The fraction of sp³-hybridized carbons (Fsp3) is 0.364. The summed E-state index contributed by atoms with van der Waals surface area (Å²) < 4.78 is 1.87. The summed E-state index contributed by atoms with van der Waals surface area (Å²) in [7, 11) is 1.89. The van der Waals surface area contributed by atoms with Crippen LogP contribution in [0.15, 0.2) is 12.1 Å². The molecule has 0 spiro atoms. The zero-order valence-electron chi connectivity index (χ0n) is 8.63. The van der Waals surface area contributed by atoms with Gasteiger partial charge in [0.05, 0.1) is 12.7 Å². The van der Waals surface area contributed by atoms with Gasteiger partial charge >= 0.3 is 12.8 Å². The van der Waals surface area contributed by atoms with Gasteiger partial charge in [0.25, 0.3) is 0 Å². The maximum absolute atomic E-state index is 6.70. The van der Waals surface area contributed by atoms with Crippen molar-refractivity contribution >= 4 is 5.82 Å². The van der Waals surface area contributed by atoms with Gasteiger partial charge < -0.3 is 9.41 Å². The third kappa shape index (κ3) is 4.20. The van der Waals surface area contributed by atoms with Crippen LogP contribution in [0.4, 0.5) is 5.82 Å². The Kier molecular flexibility index (Phi) is 9.37. The molecule has 13 heavy (non-hydrogen) atoms. The van der Waals surface area contributed by atoms with E-state index in [1.165, 1.54) is 0 Å². The van der Waals surface area contributed by atoms with Gasteiger partial charge in [-0.3, -0.25) is 0 Å². The molecule has 1 heterocycles. The third-order valence-electron chi connectivity index (χ3n) is 1.46. The van der Waals surface area contributed by atoms with E-state index in [1.54, 1.807) is 0 Å². The first-order valence-electron chi connectivity index (χ1n) is 4.04. The Morgan fingerprint density at radius 2 is 1.85 bits per heavy atom. The zero-order valence-corrected chi connectivity index (χ0v) is 8.63. The van der Waals surface area contributed by atoms with Crippen molar-refractivity contribution in [3.8, 4) is 6.42 Å². The molecule has 0 N–H and O–H groups in total. The summed E-state index contributed by atoms with van der Waals surface area (Å²) >= 11 is 0. The van der Waals surface area contributed by atoms with Crippen LogP contribution in [0.1, 0.15) is 19.5 Å². The van der Waals surface area contributed by atoms with E-state index in [0.29, 0.717) is 5.82 Å². The molecule has 0 atom stereocenters. The largest absolute Gasteiger partial charge is 0.364 e. The molecule has 2 nitrogen and oxygen atoms in total. The number of hydrogen-bond donors (Lipinski definition) is 0. The summed E-state index contributed by atoms with van der Waals surface area (Å²) in [6.45, 7) is 12.7. The Labute approximate surface area is 81.0 Å². The van der Waals surface area contributed by atoms with Crippen molar-refractivity contribution < 1.29 is 0 Å². The first-order valence-corrected chi connectivity index (χ1v) is 4.04. The summed E-state index contributed by atoms with van der Waals surface area (Å²) in [6, 6.07) is 3.76. The average molecular weight is 175 g/mol. The Balaban J connectivity index is 0. The molecule has 0 saturated heterocycles. The SMILES string of the molecule is CC.[C+]#C.[C-]#[N+]c1ccc(C)n1C. The second-order valence-corrected chi connectivity index (χ2v) is 2.00. The molecule has 0 aromatic carbocycles. The molecule has 1 aromatic rings. The second-order valence-electron chi connectivity index (χ2n) is 2.00. The molecule has 0 fully saturated rings. The van der Waals surface area contributed by atoms with E-state index in [4.69, 9.17) is 13.0 Å². The van der Waals surface area contributed by atoms with Crippen molar-refractivity contribution in [3.63, 3.8) is 0 Å². The Morgan fingerprint density at radius 1 is 1.38 bits per heavy atom. The van der Waals surface area contributed by atoms with Crippen molar-refractivity contribution in [2.75, 3.05) is 0 Å². The molecule has 68 valence electrons. The van der Waals surface area contributed by atoms with Crippen molar-refractivity contribution in [1.29, 1.82) is 0 Å². The number of terminal acetylenes is 1. The van der Waals surface area contributed by atoms with E-state index in [-0.39, 0.29) is 0 Å². The molecule has 0 aliphatic rings. The Morgan fingerprint density at radius 3 is 2.00 bits per heavy atom. The van der Waals surface area contributed by atoms with Gasteiger partial charge in [-0.1, -0.05) is 20.4 Å². The Bertz CT molecular complexity index is 287. The summed E-state index contributed by atoms with van der Waals surface area (Å²) in [4.78, 5) is 3.30. The summed E-state index contributed by atoms with van der Waals surface area (Å²) in [6.07, 6.45) is 9.00. The van der Waals surface area contributed by atoms with E-state index >= 15 is 0 Å². The molecule has 1 rings (SSSR count). The van der Waals surface area contributed by atoms with Crippen LogP contribution in [-0.4, -0.2) is 4.57 Å². The van der Waals surface area contributed by atoms with Crippen LogP contribution in [0.5, 0.6) is 0 Å². The third-order valence-corrected chi connectivity index (χ3v) is 1.46. The topological polar surface area (TPSA) is 9.29 Å². The van der Waals surface area contributed by atoms with Crippen molar-refractivity contribution in [2.45, 2.75) is 20.8 Å². The van der Waals surface area contributed by atoms with Gasteiger partial charge in [0, 0.05) is 0 Å². The minimum atomic E-state index is 0.701. The van der Waals surface area contributed by atoms with Crippen LogP contribution in [0, 0.1) is 26.3 Å². The van der Waals surface area contributed by atoms with Crippen LogP contribution in [0.25, 0.3) is 4.85 Å². The number of aryl methyl sites for hydroxylation is 1. The van der Waals surface area contributed by atoms with E-state index in [1.807, 2.05) is 44.5 Å². The standard InChI is InChI=1S/C7H8N2.C2H6.C2H/c1-6-4-5-7(8-2)9(6)3;2*1-2/h4-5H,1,3H3;1-2H3;1H/q;;+1. The van der Waals surface area contributed by atoms with Gasteiger partial charge in [-0.2, -0.15) is 0 Å². The van der Waals surface area contributed by atoms with Gasteiger partial charge in [-0.15, -0.1) is 0 Å². The maximum Gasteiger partial charge on any atom is 0.230 e. The van der Waals surface area contributed by atoms with Crippen LogP contribution < -0.4 is 0 Å². The maximum atomic E-state index is 6.70. The van der Waals surface area contributed by atoms with Crippen LogP contribution in [0.3, 0.4) is 0 Å². The summed E-state index contributed by atoms with van der Waals surface area (Å²) in [5.74, 6) is 0.701. The van der Waals surface area contributed by atoms with Crippen LogP contribution in [-0.2, 0) is 7.05 Å². The predicted octanol–water partition coefficient (Wildman–Crippen LogP) is 3.12. The molecule has 0 aliphatic heterocycles. The summed E-state index contributed by atoms with van der Waals surface area (Å²) in [5, 5.41) is 0. The monoisotopic (exact) mass is 175 g/mol. The zero-order chi connectivity index (χ0) is 10.9. The Hall–Kier alpha value is -1.45. The van der Waals surface area contributed by atoms with Crippen LogP contribution >= 0.6 is 0 Å².